The van der Waals surface area contributed by atoms with Crippen LogP contribution in [-0.4, -0.2) is 16.0 Å². The van der Waals surface area contributed by atoms with Crippen LogP contribution in [0.3, 0.4) is 0 Å². The van der Waals surface area contributed by atoms with E-state index in [4.69, 9.17) is 6.42 Å². The van der Waals surface area contributed by atoms with Gasteiger partial charge in [0, 0.05) is 12.2 Å². The zero-order chi connectivity index (χ0) is 9.36. The molecule has 70 valence electrons. The van der Waals surface area contributed by atoms with E-state index in [0.717, 1.165) is 22.9 Å². The maximum absolute atomic E-state index is 5.15. The predicted octanol–water partition coefficient (Wildman–Crippen LogP) is 2.82. The van der Waals surface area contributed by atoms with E-state index in [0.29, 0.717) is 0 Å². The number of unbranched alkanes of at least 4 members (excludes halogenated alkanes) is 3. The molecule has 0 bridgehead atoms. The van der Waals surface area contributed by atoms with Crippen molar-refractivity contribution in [3.05, 3.63) is 5.51 Å². The minimum Gasteiger partial charge on any atom is -0.146 e. The topological polar surface area (TPSA) is 25.8 Å². The van der Waals surface area contributed by atoms with Crippen molar-refractivity contribution in [1.29, 1.82) is 0 Å². The summed E-state index contributed by atoms with van der Waals surface area (Å²) in [5.74, 6) is 3.77. The molecule has 0 radical (unpaired) electrons. The minimum atomic E-state index is 0.906. The SMILES string of the molecule is C#CCCCCCSc1nncs1. The summed E-state index contributed by atoms with van der Waals surface area (Å²) in [5.41, 5.74) is 1.76. The Balaban J connectivity index is 1.94. The van der Waals surface area contributed by atoms with E-state index in [-0.39, 0.29) is 0 Å². The van der Waals surface area contributed by atoms with E-state index in [1.165, 1.54) is 12.8 Å². The van der Waals surface area contributed by atoms with Crippen molar-refractivity contribution < 1.29 is 0 Å². The van der Waals surface area contributed by atoms with E-state index < -0.39 is 0 Å². The highest BCUT2D eigenvalue weighted by molar-refractivity contribution is 8.00. The maximum atomic E-state index is 5.15. The summed E-state index contributed by atoms with van der Waals surface area (Å²) >= 11 is 3.38. The second kappa shape index (κ2) is 6.93. The smallest absolute Gasteiger partial charge is 0.146 e. The zero-order valence-corrected chi connectivity index (χ0v) is 9.03. The lowest BCUT2D eigenvalue weighted by atomic mass is 10.2. The van der Waals surface area contributed by atoms with Gasteiger partial charge in [-0.25, -0.2) is 0 Å². The lowest BCUT2D eigenvalue weighted by Gasteiger charge is -1.95. The largest absolute Gasteiger partial charge is 0.174 e. The summed E-state index contributed by atoms with van der Waals surface area (Å²) < 4.78 is 1.07. The molecule has 0 saturated carbocycles. The fourth-order valence-corrected chi connectivity index (χ4v) is 2.45. The molecule has 0 aromatic carbocycles. The van der Waals surface area contributed by atoms with Gasteiger partial charge in [-0.05, 0) is 12.8 Å². The Bertz CT molecular complexity index is 251. The standard InChI is InChI=1S/C9H12N2S2/c1-2-3-4-5-6-7-12-9-11-10-8-13-9/h1,8H,3-7H2. The molecule has 0 aliphatic rings. The lowest BCUT2D eigenvalue weighted by molar-refractivity contribution is 0.743. The van der Waals surface area contributed by atoms with Gasteiger partial charge in [0.15, 0.2) is 4.34 Å². The van der Waals surface area contributed by atoms with Crippen molar-refractivity contribution in [3.63, 3.8) is 0 Å². The van der Waals surface area contributed by atoms with Gasteiger partial charge in [-0.1, -0.05) is 29.5 Å². The summed E-state index contributed by atoms with van der Waals surface area (Å²) in [6.45, 7) is 0. The molecule has 0 atom stereocenters. The third kappa shape index (κ3) is 4.91. The van der Waals surface area contributed by atoms with E-state index in [9.17, 15) is 0 Å². The Morgan fingerprint density at radius 2 is 2.38 bits per heavy atom. The van der Waals surface area contributed by atoms with Gasteiger partial charge in [-0.15, -0.1) is 22.5 Å². The first-order valence-corrected chi connectivity index (χ1v) is 6.12. The van der Waals surface area contributed by atoms with Crippen molar-refractivity contribution in [2.75, 3.05) is 5.75 Å². The van der Waals surface area contributed by atoms with Crippen LogP contribution in [0, 0.1) is 12.3 Å². The average molecular weight is 212 g/mol. The maximum Gasteiger partial charge on any atom is 0.174 e. The minimum absolute atomic E-state index is 0.906. The fraction of sp³-hybridized carbons (Fsp3) is 0.556. The molecule has 1 aromatic rings. The number of terminal acetylenes is 1. The number of hydrogen-bond donors (Lipinski definition) is 0. The third-order valence-electron chi connectivity index (χ3n) is 1.53. The van der Waals surface area contributed by atoms with E-state index in [2.05, 4.69) is 16.1 Å². The predicted molar refractivity (Wildman–Crippen MR) is 57.9 cm³/mol. The van der Waals surface area contributed by atoms with Crippen LogP contribution in [0.4, 0.5) is 0 Å². The van der Waals surface area contributed by atoms with Crippen molar-refractivity contribution in [1.82, 2.24) is 10.2 Å². The van der Waals surface area contributed by atoms with Crippen LogP contribution in [0.5, 0.6) is 0 Å². The summed E-state index contributed by atoms with van der Waals surface area (Å²) in [6, 6.07) is 0. The monoisotopic (exact) mass is 212 g/mol. The number of nitrogens with zero attached hydrogens (tertiary/aromatic N) is 2. The Labute approximate surface area is 87.2 Å². The Morgan fingerprint density at radius 3 is 3.08 bits per heavy atom. The molecule has 0 N–H and O–H groups in total. The van der Waals surface area contributed by atoms with E-state index in [1.54, 1.807) is 28.6 Å². The molecule has 0 spiro atoms. The molecule has 1 aromatic heterocycles. The Hall–Kier alpha value is -0.530. The molecular formula is C9H12N2S2. The summed E-state index contributed by atoms with van der Waals surface area (Å²) in [5, 5.41) is 7.72. The Morgan fingerprint density at radius 1 is 1.46 bits per heavy atom. The molecule has 0 aliphatic heterocycles. The molecule has 1 rings (SSSR count). The molecule has 0 unspecified atom stereocenters. The van der Waals surface area contributed by atoms with Gasteiger partial charge in [0.05, 0.1) is 0 Å². The molecule has 0 saturated heterocycles. The number of aromatic nitrogens is 2. The quantitative estimate of drug-likeness (QED) is 0.412. The molecule has 4 heteroatoms. The van der Waals surface area contributed by atoms with Crippen molar-refractivity contribution in [2.45, 2.75) is 30.0 Å². The summed E-state index contributed by atoms with van der Waals surface area (Å²) in [6.07, 6.45) is 9.63. The van der Waals surface area contributed by atoms with Gasteiger partial charge >= 0.3 is 0 Å². The molecule has 13 heavy (non-hydrogen) atoms. The first kappa shape index (κ1) is 10.6. The van der Waals surface area contributed by atoms with Crippen molar-refractivity contribution in [3.8, 4) is 12.3 Å². The van der Waals surface area contributed by atoms with E-state index >= 15 is 0 Å². The second-order valence-corrected chi connectivity index (χ2v) is 4.74. The highest BCUT2D eigenvalue weighted by Crippen LogP contribution is 2.20. The zero-order valence-electron chi connectivity index (χ0n) is 7.40. The number of hydrogen-bond acceptors (Lipinski definition) is 4. The van der Waals surface area contributed by atoms with Crippen LogP contribution in [0.2, 0.25) is 0 Å². The first-order valence-electron chi connectivity index (χ1n) is 4.26. The van der Waals surface area contributed by atoms with Crippen LogP contribution in [0.25, 0.3) is 0 Å². The fourth-order valence-electron chi connectivity index (χ4n) is 0.891. The number of rotatable bonds is 6. The average Bonchev–Trinajstić information content (AvgIpc) is 2.63. The highest BCUT2D eigenvalue weighted by Gasteiger charge is 1.96. The van der Waals surface area contributed by atoms with Gasteiger partial charge in [0.1, 0.15) is 5.51 Å². The van der Waals surface area contributed by atoms with E-state index in [1.807, 2.05) is 0 Å². The van der Waals surface area contributed by atoms with Gasteiger partial charge in [0.2, 0.25) is 0 Å². The lowest BCUT2D eigenvalue weighted by Crippen LogP contribution is -1.81. The molecule has 2 nitrogen and oxygen atoms in total. The summed E-state index contributed by atoms with van der Waals surface area (Å²) in [7, 11) is 0. The third-order valence-corrected chi connectivity index (χ3v) is 3.48. The van der Waals surface area contributed by atoms with Crippen LogP contribution in [0.1, 0.15) is 25.7 Å². The second-order valence-electron chi connectivity index (χ2n) is 2.57. The number of thioether (sulfide) groups is 1. The van der Waals surface area contributed by atoms with Crippen LogP contribution < -0.4 is 0 Å². The van der Waals surface area contributed by atoms with Gasteiger partial charge in [-0.2, -0.15) is 0 Å². The molecule has 1 heterocycles. The van der Waals surface area contributed by atoms with Crippen LogP contribution in [0.15, 0.2) is 9.85 Å². The van der Waals surface area contributed by atoms with Crippen molar-refractivity contribution in [2.24, 2.45) is 0 Å². The molecular weight excluding hydrogens is 200 g/mol. The van der Waals surface area contributed by atoms with Gasteiger partial charge < -0.3 is 0 Å². The van der Waals surface area contributed by atoms with Crippen molar-refractivity contribution >= 4 is 23.1 Å². The normalized spacial score (nSPS) is 9.77. The van der Waals surface area contributed by atoms with Crippen LogP contribution >= 0.6 is 23.1 Å². The molecule has 0 aliphatic carbocycles. The highest BCUT2D eigenvalue weighted by atomic mass is 32.2. The molecule has 0 fully saturated rings. The van der Waals surface area contributed by atoms with Gasteiger partial charge in [0.25, 0.3) is 0 Å². The Kier molecular flexibility index (Phi) is 5.62. The summed E-state index contributed by atoms with van der Waals surface area (Å²) in [4.78, 5) is 0. The van der Waals surface area contributed by atoms with Gasteiger partial charge in [-0.3, -0.25) is 0 Å². The molecule has 0 amide bonds. The van der Waals surface area contributed by atoms with Crippen LogP contribution in [-0.2, 0) is 0 Å². The first-order chi connectivity index (χ1) is 6.43.